The lowest BCUT2D eigenvalue weighted by Crippen LogP contribution is -2.30. The highest BCUT2D eigenvalue weighted by Gasteiger charge is 2.23. The van der Waals surface area contributed by atoms with E-state index >= 15 is 0 Å². The molecule has 148 valence electrons. The maximum absolute atomic E-state index is 13.8. The fourth-order valence-electron chi connectivity index (χ4n) is 3.40. The van der Waals surface area contributed by atoms with E-state index in [9.17, 15) is 22.8 Å². The van der Waals surface area contributed by atoms with Crippen LogP contribution in [0.4, 0.5) is 13.2 Å². The summed E-state index contributed by atoms with van der Waals surface area (Å²) in [6, 6.07) is 5.40. The third kappa shape index (κ3) is 3.16. The quantitative estimate of drug-likeness (QED) is 0.566. The number of aromatic amines is 1. The number of amides is 1. The molecule has 8 heteroatoms. The smallest absolute Gasteiger partial charge is 0.255 e. The summed E-state index contributed by atoms with van der Waals surface area (Å²) in [6.07, 6.45) is 4.49. The number of pyridine rings is 2. The maximum Gasteiger partial charge on any atom is 0.255 e. The maximum atomic E-state index is 13.8. The summed E-state index contributed by atoms with van der Waals surface area (Å²) in [6.45, 7) is 1.71. The number of carbonyl (C=O) groups excluding carboxylic acids is 1. The third-order valence-electron chi connectivity index (χ3n) is 5.13. The van der Waals surface area contributed by atoms with Gasteiger partial charge in [0.05, 0.1) is 17.0 Å². The lowest BCUT2D eigenvalue weighted by Gasteiger charge is -2.26. The molecule has 1 amide bonds. The highest BCUT2D eigenvalue weighted by atomic mass is 19.2. The first kappa shape index (κ1) is 18.8. The summed E-state index contributed by atoms with van der Waals surface area (Å²) in [4.78, 5) is 28.9. The Labute approximate surface area is 163 Å². The SMILES string of the molecule is C[C@@H](c1c[nH]c(=O)c2cc(F)c(F)cc12)N(C)C(=O)c1cc2cc(F)ccn2c1. The molecule has 29 heavy (non-hydrogen) atoms. The predicted molar refractivity (Wildman–Crippen MR) is 102 cm³/mol. The van der Waals surface area contributed by atoms with Gasteiger partial charge in [0.2, 0.25) is 0 Å². The molecule has 3 heterocycles. The number of hydrogen-bond donors (Lipinski definition) is 1. The van der Waals surface area contributed by atoms with Crippen LogP contribution in [0.25, 0.3) is 16.3 Å². The van der Waals surface area contributed by atoms with Gasteiger partial charge in [-0.1, -0.05) is 0 Å². The normalized spacial score (nSPS) is 12.4. The molecule has 0 bridgehead atoms. The molecule has 0 unspecified atom stereocenters. The third-order valence-corrected chi connectivity index (χ3v) is 5.13. The van der Waals surface area contributed by atoms with Crippen LogP contribution in [0.3, 0.4) is 0 Å². The Morgan fingerprint density at radius 3 is 2.52 bits per heavy atom. The Balaban J connectivity index is 1.74. The van der Waals surface area contributed by atoms with Crippen molar-refractivity contribution in [2.45, 2.75) is 13.0 Å². The van der Waals surface area contributed by atoms with E-state index in [1.54, 1.807) is 30.6 Å². The average molecular weight is 399 g/mol. The van der Waals surface area contributed by atoms with E-state index in [1.165, 1.54) is 29.4 Å². The number of nitrogens with one attached hydrogen (secondary N) is 1. The molecule has 0 spiro atoms. The van der Waals surface area contributed by atoms with Crippen LogP contribution in [0, 0.1) is 17.5 Å². The van der Waals surface area contributed by atoms with Gasteiger partial charge in [-0.2, -0.15) is 0 Å². The van der Waals surface area contributed by atoms with Gasteiger partial charge in [-0.25, -0.2) is 13.2 Å². The summed E-state index contributed by atoms with van der Waals surface area (Å²) in [5, 5.41) is 0.225. The van der Waals surface area contributed by atoms with Crippen molar-refractivity contribution in [1.82, 2.24) is 14.3 Å². The molecule has 5 nitrogen and oxygen atoms in total. The summed E-state index contributed by atoms with van der Waals surface area (Å²) < 4.78 is 42.4. The zero-order valence-electron chi connectivity index (χ0n) is 15.5. The van der Waals surface area contributed by atoms with Crippen LogP contribution >= 0.6 is 0 Å². The van der Waals surface area contributed by atoms with Gasteiger partial charge in [0, 0.05) is 31.2 Å². The van der Waals surface area contributed by atoms with Crippen molar-refractivity contribution in [2.75, 3.05) is 7.05 Å². The first-order valence-electron chi connectivity index (χ1n) is 8.81. The second-order valence-corrected chi connectivity index (χ2v) is 6.88. The molecule has 0 aliphatic carbocycles. The minimum absolute atomic E-state index is 0.000760. The van der Waals surface area contributed by atoms with Crippen molar-refractivity contribution in [3.63, 3.8) is 0 Å². The van der Waals surface area contributed by atoms with E-state index in [0.29, 0.717) is 16.6 Å². The monoisotopic (exact) mass is 399 g/mol. The van der Waals surface area contributed by atoms with Gasteiger partial charge in [0.1, 0.15) is 5.82 Å². The minimum atomic E-state index is -1.12. The molecule has 3 aromatic heterocycles. The number of H-pyrrole nitrogens is 1. The molecular formula is C21H16F3N3O2. The lowest BCUT2D eigenvalue weighted by atomic mass is 10.0. The molecule has 0 fully saturated rings. The van der Waals surface area contributed by atoms with E-state index in [-0.39, 0.29) is 16.7 Å². The fraction of sp³-hybridized carbons (Fsp3) is 0.143. The van der Waals surface area contributed by atoms with Crippen molar-refractivity contribution in [3.8, 4) is 0 Å². The molecule has 0 saturated heterocycles. The molecule has 4 aromatic rings. The number of nitrogens with zero attached hydrogens (tertiary/aromatic N) is 2. The van der Waals surface area contributed by atoms with Crippen LogP contribution < -0.4 is 5.56 Å². The Kier molecular flexibility index (Phi) is 4.41. The fourth-order valence-corrected chi connectivity index (χ4v) is 3.40. The number of rotatable bonds is 3. The van der Waals surface area contributed by atoms with Crippen LogP contribution in [0.5, 0.6) is 0 Å². The van der Waals surface area contributed by atoms with Gasteiger partial charge in [0.25, 0.3) is 11.5 Å². The number of benzene rings is 1. The van der Waals surface area contributed by atoms with Crippen LogP contribution in [0.2, 0.25) is 0 Å². The molecule has 0 aliphatic rings. The van der Waals surface area contributed by atoms with Crippen molar-refractivity contribution in [1.29, 1.82) is 0 Å². The Bertz CT molecular complexity index is 1330. The second kappa shape index (κ2) is 6.80. The van der Waals surface area contributed by atoms with Crippen LogP contribution in [-0.4, -0.2) is 27.2 Å². The molecule has 1 aromatic carbocycles. The number of fused-ring (bicyclic) bond motifs is 2. The van der Waals surface area contributed by atoms with Crippen molar-refractivity contribution in [3.05, 3.63) is 87.9 Å². The second-order valence-electron chi connectivity index (χ2n) is 6.88. The topological polar surface area (TPSA) is 57.6 Å². The number of hydrogen-bond acceptors (Lipinski definition) is 2. The predicted octanol–water partition coefficient (Wildman–Crippen LogP) is 4.03. The van der Waals surface area contributed by atoms with Crippen LogP contribution in [0.1, 0.15) is 28.9 Å². The molecule has 1 atom stereocenters. The summed E-state index contributed by atoms with van der Waals surface area (Å²) in [5.41, 5.74) is 0.783. The van der Waals surface area contributed by atoms with Gasteiger partial charge >= 0.3 is 0 Å². The van der Waals surface area contributed by atoms with E-state index in [0.717, 1.165) is 12.1 Å². The number of aromatic nitrogens is 2. The van der Waals surface area contributed by atoms with E-state index in [4.69, 9.17) is 0 Å². The van der Waals surface area contributed by atoms with Gasteiger partial charge in [-0.15, -0.1) is 0 Å². The average Bonchev–Trinajstić information content (AvgIpc) is 3.11. The van der Waals surface area contributed by atoms with E-state index < -0.39 is 29.1 Å². The highest BCUT2D eigenvalue weighted by Crippen LogP contribution is 2.28. The van der Waals surface area contributed by atoms with Crippen LogP contribution in [-0.2, 0) is 0 Å². The molecule has 0 radical (unpaired) electrons. The highest BCUT2D eigenvalue weighted by molar-refractivity contribution is 5.96. The number of carbonyl (C=O) groups is 1. The molecule has 1 N–H and O–H groups in total. The summed E-state index contributed by atoms with van der Waals surface area (Å²) >= 11 is 0. The lowest BCUT2D eigenvalue weighted by molar-refractivity contribution is 0.0743. The Hall–Kier alpha value is -3.55. The molecule has 0 aliphatic heterocycles. The molecular weight excluding hydrogens is 383 g/mol. The van der Waals surface area contributed by atoms with Gasteiger partial charge in [0.15, 0.2) is 11.6 Å². The molecule has 4 rings (SSSR count). The zero-order valence-corrected chi connectivity index (χ0v) is 15.5. The minimum Gasteiger partial charge on any atom is -0.335 e. The van der Waals surface area contributed by atoms with E-state index in [2.05, 4.69) is 4.98 Å². The van der Waals surface area contributed by atoms with Gasteiger partial charge < -0.3 is 14.3 Å². The standard InChI is InChI=1S/C21H16F3N3O2/c1-11(17-9-25-20(28)16-8-19(24)18(23)7-15(16)17)26(2)21(29)12-5-14-6-13(22)3-4-27(14)10-12/h3-11H,1-2H3,(H,25,28)/t11-/m0/s1. The van der Waals surface area contributed by atoms with Crippen LogP contribution in [0.15, 0.2) is 53.7 Å². The Morgan fingerprint density at radius 2 is 1.79 bits per heavy atom. The zero-order chi connectivity index (χ0) is 20.9. The van der Waals surface area contributed by atoms with Crippen molar-refractivity contribution < 1.29 is 18.0 Å². The van der Waals surface area contributed by atoms with Gasteiger partial charge in [-0.05, 0) is 48.2 Å². The van der Waals surface area contributed by atoms with Crippen molar-refractivity contribution in [2.24, 2.45) is 0 Å². The number of halogens is 3. The first-order valence-corrected chi connectivity index (χ1v) is 8.81. The summed E-state index contributed by atoms with van der Waals surface area (Å²) in [5.74, 6) is -2.95. The largest absolute Gasteiger partial charge is 0.335 e. The van der Waals surface area contributed by atoms with E-state index in [1.807, 2.05) is 0 Å². The van der Waals surface area contributed by atoms with Gasteiger partial charge in [-0.3, -0.25) is 9.59 Å². The van der Waals surface area contributed by atoms with Crippen molar-refractivity contribution >= 4 is 22.2 Å². The first-order chi connectivity index (χ1) is 13.8. The molecule has 0 saturated carbocycles. The summed E-state index contributed by atoms with van der Waals surface area (Å²) in [7, 11) is 1.56. The Morgan fingerprint density at radius 1 is 1.10 bits per heavy atom.